The minimum atomic E-state index is -0.925. The van der Waals surface area contributed by atoms with Gasteiger partial charge >= 0.3 is 5.97 Å². The number of nitrogens with zero attached hydrogens (tertiary/aromatic N) is 3. The lowest BCUT2D eigenvalue weighted by Gasteiger charge is -2.40. The number of fused-ring (bicyclic) bond motifs is 1. The molecule has 31 heavy (non-hydrogen) atoms. The van der Waals surface area contributed by atoms with Gasteiger partial charge in [0.1, 0.15) is 11.5 Å². The summed E-state index contributed by atoms with van der Waals surface area (Å²) < 4.78 is 28.8. The van der Waals surface area contributed by atoms with Crippen molar-refractivity contribution in [1.29, 1.82) is 0 Å². The minimum absolute atomic E-state index is 0.123. The molecule has 6 nitrogen and oxygen atoms in total. The zero-order chi connectivity index (χ0) is 22.3. The van der Waals surface area contributed by atoms with E-state index in [9.17, 15) is 23.5 Å². The van der Waals surface area contributed by atoms with E-state index in [0.717, 1.165) is 23.6 Å². The zero-order valence-corrected chi connectivity index (χ0v) is 17.3. The fourth-order valence-electron chi connectivity index (χ4n) is 4.16. The molecule has 2 heterocycles. The summed E-state index contributed by atoms with van der Waals surface area (Å²) in [5.41, 5.74) is -1.58. The van der Waals surface area contributed by atoms with Crippen molar-refractivity contribution < 1.29 is 18.7 Å². The minimum Gasteiger partial charge on any atom is -0.481 e. The Labute approximate surface area is 177 Å². The molecule has 0 radical (unpaired) electrons. The number of hydrogen-bond acceptors (Lipinski definition) is 4. The first-order chi connectivity index (χ1) is 14.7. The lowest BCUT2D eigenvalue weighted by atomic mass is 9.74. The van der Waals surface area contributed by atoms with Crippen molar-refractivity contribution in [3.05, 3.63) is 64.5 Å². The molecule has 1 aliphatic rings. The summed E-state index contributed by atoms with van der Waals surface area (Å²) in [4.78, 5) is 26.8. The van der Waals surface area contributed by atoms with Gasteiger partial charge in [0, 0.05) is 24.5 Å². The second-order valence-electron chi connectivity index (χ2n) is 8.49. The first-order valence-corrected chi connectivity index (χ1v) is 10.2. The largest absolute Gasteiger partial charge is 0.481 e. The Balaban J connectivity index is 1.87. The molecule has 1 N–H and O–H groups in total. The number of aromatic nitrogens is 2. The molecule has 3 aromatic rings. The molecule has 0 bridgehead atoms. The number of anilines is 1. The van der Waals surface area contributed by atoms with Crippen LogP contribution >= 0.6 is 0 Å². The van der Waals surface area contributed by atoms with Crippen LogP contribution < -0.4 is 10.5 Å². The fraction of sp³-hybridized carbons (Fsp3) is 0.348. The van der Waals surface area contributed by atoms with Crippen LogP contribution in [0.25, 0.3) is 16.5 Å². The summed E-state index contributed by atoms with van der Waals surface area (Å²) in [5, 5.41) is 15.1. The third kappa shape index (κ3) is 3.66. The van der Waals surface area contributed by atoms with Crippen LogP contribution in [0.1, 0.15) is 26.7 Å². The Hall–Kier alpha value is -3.29. The van der Waals surface area contributed by atoms with Crippen LogP contribution in [0.2, 0.25) is 0 Å². The van der Waals surface area contributed by atoms with E-state index in [4.69, 9.17) is 0 Å². The molecule has 1 saturated heterocycles. The van der Waals surface area contributed by atoms with E-state index in [2.05, 4.69) is 5.10 Å². The van der Waals surface area contributed by atoms with Gasteiger partial charge in [-0.05, 0) is 50.8 Å². The lowest BCUT2D eigenvalue weighted by Crippen LogP contribution is -2.45. The summed E-state index contributed by atoms with van der Waals surface area (Å²) in [7, 11) is 0. The molecule has 1 unspecified atom stereocenters. The smallest absolute Gasteiger partial charge is 0.309 e. The number of carboxylic acid groups (broad SMARTS) is 1. The molecule has 8 heteroatoms. The monoisotopic (exact) mass is 427 g/mol. The van der Waals surface area contributed by atoms with Crippen LogP contribution in [0.5, 0.6) is 0 Å². The van der Waals surface area contributed by atoms with E-state index >= 15 is 0 Å². The molecule has 1 aliphatic heterocycles. The highest BCUT2D eigenvalue weighted by molar-refractivity contribution is 5.91. The molecule has 1 aromatic heterocycles. The van der Waals surface area contributed by atoms with Crippen molar-refractivity contribution in [1.82, 2.24) is 9.78 Å². The highest BCUT2D eigenvalue weighted by Crippen LogP contribution is 2.36. The molecule has 162 valence electrons. The normalized spacial score (nSPS) is 17.2. The van der Waals surface area contributed by atoms with E-state index in [1.807, 2.05) is 4.90 Å². The van der Waals surface area contributed by atoms with Crippen molar-refractivity contribution in [3.8, 4) is 5.69 Å². The average Bonchev–Trinajstić information content (AvgIpc) is 2.75. The Kier molecular flexibility index (Phi) is 5.24. The molecule has 1 fully saturated rings. The highest BCUT2D eigenvalue weighted by Gasteiger charge is 2.39. The molecule has 0 amide bonds. The summed E-state index contributed by atoms with van der Waals surface area (Å²) in [5.74, 6) is -2.15. The van der Waals surface area contributed by atoms with Gasteiger partial charge in [0.25, 0.3) is 5.56 Å². The fourth-order valence-corrected chi connectivity index (χ4v) is 4.16. The Bertz CT molecular complexity index is 1220. The molecule has 0 saturated carbocycles. The van der Waals surface area contributed by atoms with Gasteiger partial charge in [0.15, 0.2) is 11.6 Å². The number of hydrogen-bond donors (Lipinski definition) is 1. The third-order valence-electron chi connectivity index (χ3n) is 6.22. The number of benzene rings is 2. The maximum Gasteiger partial charge on any atom is 0.309 e. The summed E-state index contributed by atoms with van der Waals surface area (Å²) >= 11 is 0. The first kappa shape index (κ1) is 21.0. The molecule has 1 atom stereocenters. The molecule has 0 spiro atoms. The topological polar surface area (TPSA) is 75.4 Å². The Morgan fingerprint density at radius 3 is 2.55 bits per heavy atom. The maximum atomic E-state index is 14.5. The number of carbonyl (C=O) groups is 1. The zero-order valence-electron chi connectivity index (χ0n) is 17.3. The molecular formula is C23H23F2N3O3. The SMILES string of the molecule is CC(C)(C(=O)O)C1CCCN(c2nn(-c3ccc(F)cc3F)c(=O)c3ccccc23)C1. The second-order valence-corrected chi connectivity index (χ2v) is 8.49. The van der Waals surface area contributed by atoms with Crippen LogP contribution in [0.15, 0.2) is 47.3 Å². The van der Waals surface area contributed by atoms with Gasteiger partial charge in [0.2, 0.25) is 0 Å². The molecule has 2 aromatic carbocycles. The van der Waals surface area contributed by atoms with Crippen LogP contribution in [0.4, 0.5) is 14.6 Å². The van der Waals surface area contributed by atoms with Crippen LogP contribution in [-0.4, -0.2) is 33.9 Å². The van der Waals surface area contributed by atoms with Crippen LogP contribution in [0, 0.1) is 23.0 Å². The molecular weight excluding hydrogens is 404 g/mol. The number of aliphatic carboxylic acids is 1. The number of rotatable bonds is 4. The lowest BCUT2D eigenvalue weighted by molar-refractivity contribution is -0.150. The number of halogens is 2. The molecule has 0 aliphatic carbocycles. The first-order valence-electron chi connectivity index (χ1n) is 10.2. The van der Waals surface area contributed by atoms with Crippen molar-refractivity contribution in [2.75, 3.05) is 18.0 Å². The number of carboxylic acids is 1. The predicted molar refractivity (Wildman–Crippen MR) is 114 cm³/mol. The van der Waals surface area contributed by atoms with E-state index in [1.54, 1.807) is 38.1 Å². The van der Waals surface area contributed by atoms with Crippen LogP contribution in [-0.2, 0) is 4.79 Å². The van der Waals surface area contributed by atoms with E-state index in [-0.39, 0.29) is 11.6 Å². The summed E-state index contributed by atoms with van der Waals surface area (Å²) in [6.45, 7) is 4.50. The van der Waals surface area contributed by atoms with Gasteiger partial charge in [0.05, 0.1) is 10.8 Å². The van der Waals surface area contributed by atoms with Gasteiger partial charge in [-0.15, -0.1) is 5.10 Å². The number of piperidine rings is 1. The standard InChI is InChI=1S/C23H23F2N3O3/c1-23(2,22(30)31)14-6-5-11-27(13-14)20-16-7-3-4-8-17(16)21(29)28(26-20)19-10-9-15(24)12-18(19)25/h3-4,7-10,12,14H,5-6,11,13H2,1-2H3,(H,30,31). The predicted octanol–water partition coefficient (Wildman–Crippen LogP) is 3.99. The summed E-state index contributed by atoms with van der Waals surface area (Å²) in [6.07, 6.45) is 1.53. The van der Waals surface area contributed by atoms with Crippen LogP contribution in [0.3, 0.4) is 0 Å². The van der Waals surface area contributed by atoms with Gasteiger partial charge in [-0.2, -0.15) is 4.68 Å². The van der Waals surface area contributed by atoms with Crippen molar-refractivity contribution >= 4 is 22.6 Å². The quantitative estimate of drug-likeness (QED) is 0.682. The summed E-state index contributed by atoms with van der Waals surface area (Å²) in [6, 6.07) is 9.89. The maximum absolute atomic E-state index is 14.5. The third-order valence-corrected chi connectivity index (χ3v) is 6.22. The molecule has 4 rings (SSSR count). The highest BCUT2D eigenvalue weighted by atomic mass is 19.1. The van der Waals surface area contributed by atoms with E-state index in [0.29, 0.717) is 35.7 Å². The van der Waals surface area contributed by atoms with E-state index < -0.39 is 28.6 Å². The van der Waals surface area contributed by atoms with Crippen molar-refractivity contribution in [2.45, 2.75) is 26.7 Å². The van der Waals surface area contributed by atoms with Gasteiger partial charge in [-0.1, -0.05) is 18.2 Å². The van der Waals surface area contributed by atoms with Gasteiger partial charge in [-0.25, -0.2) is 8.78 Å². The van der Waals surface area contributed by atoms with E-state index in [1.165, 1.54) is 6.07 Å². The van der Waals surface area contributed by atoms with Gasteiger partial charge < -0.3 is 10.0 Å². The van der Waals surface area contributed by atoms with Gasteiger partial charge in [-0.3, -0.25) is 9.59 Å². The second kappa shape index (κ2) is 7.76. The Morgan fingerprint density at radius 1 is 1.16 bits per heavy atom. The van der Waals surface area contributed by atoms with Crippen molar-refractivity contribution in [2.24, 2.45) is 11.3 Å². The average molecular weight is 427 g/mol. The van der Waals surface area contributed by atoms with Crippen molar-refractivity contribution in [3.63, 3.8) is 0 Å². The Morgan fingerprint density at radius 2 is 1.87 bits per heavy atom.